The molecule has 2 aliphatic heterocycles. The molecule has 1 fully saturated rings. The van der Waals surface area contributed by atoms with Crippen LogP contribution < -0.4 is 0 Å². The third-order valence-corrected chi connectivity index (χ3v) is 6.14. The van der Waals surface area contributed by atoms with Crippen molar-refractivity contribution < 1.29 is 9.53 Å². The summed E-state index contributed by atoms with van der Waals surface area (Å²) in [4.78, 5) is 20.5. The fraction of sp³-hybridized carbons (Fsp3) is 0.556. The number of ether oxygens (including phenoxy) is 1. The molecule has 2 aliphatic rings. The van der Waals surface area contributed by atoms with Crippen molar-refractivity contribution in [1.82, 2.24) is 14.5 Å². The average molecular weight is 345 g/mol. The molecule has 0 radical (unpaired) electrons. The molecule has 6 heteroatoms. The zero-order valence-electron chi connectivity index (χ0n) is 14.0. The number of piperidine rings is 1. The molecule has 2 atom stereocenters. The van der Waals surface area contributed by atoms with Crippen LogP contribution in [-0.2, 0) is 16.0 Å². The van der Waals surface area contributed by atoms with Crippen molar-refractivity contribution in [2.24, 2.45) is 0 Å². The second kappa shape index (κ2) is 6.69. The van der Waals surface area contributed by atoms with Crippen molar-refractivity contribution in [3.8, 4) is 0 Å². The van der Waals surface area contributed by atoms with Gasteiger partial charge in [0.05, 0.1) is 25.2 Å². The number of fused-ring (bicyclic) bond motifs is 1. The Morgan fingerprint density at radius 1 is 1.50 bits per heavy atom. The molecule has 5 nitrogen and oxygen atoms in total. The van der Waals surface area contributed by atoms with E-state index in [-0.39, 0.29) is 12.0 Å². The van der Waals surface area contributed by atoms with Crippen LogP contribution in [0.15, 0.2) is 23.8 Å². The number of aryl methyl sites for hydroxylation is 1. The Balaban J connectivity index is 1.43. The summed E-state index contributed by atoms with van der Waals surface area (Å²) < 4.78 is 8.09. The van der Waals surface area contributed by atoms with Gasteiger partial charge in [0.15, 0.2) is 0 Å². The van der Waals surface area contributed by atoms with Gasteiger partial charge in [-0.25, -0.2) is 4.98 Å². The summed E-state index contributed by atoms with van der Waals surface area (Å²) in [6.07, 6.45) is 7.38. The van der Waals surface area contributed by atoms with Crippen molar-refractivity contribution in [3.05, 3.63) is 40.1 Å². The quantitative estimate of drug-likeness (QED) is 0.859. The summed E-state index contributed by atoms with van der Waals surface area (Å²) in [5.41, 5.74) is 1.22. The Hall–Kier alpha value is -1.66. The lowest BCUT2D eigenvalue weighted by molar-refractivity contribution is -0.136. The Kier molecular flexibility index (Phi) is 4.41. The molecule has 0 bridgehead atoms. The van der Waals surface area contributed by atoms with E-state index in [9.17, 15) is 4.79 Å². The van der Waals surface area contributed by atoms with Crippen molar-refractivity contribution in [2.75, 3.05) is 19.7 Å². The minimum absolute atomic E-state index is 0.0668. The van der Waals surface area contributed by atoms with Crippen LogP contribution in [-0.4, -0.2) is 40.1 Å². The van der Waals surface area contributed by atoms with Crippen LogP contribution in [0.4, 0.5) is 0 Å². The number of carbonyl (C=O) groups is 1. The molecule has 1 amide bonds. The van der Waals surface area contributed by atoms with Gasteiger partial charge in [-0.1, -0.05) is 0 Å². The first-order valence-corrected chi connectivity index (χ1v) is 9.55. The van der Waals surface area contributed by atoms with Crippen LogP contribution >= 0.6 is 11.3 Å². The molecule has 0 aliphatic carbocycles. The van der Waals surface area contributed by atoms with E-state index in [0.29, 0.717) is 12.5 Å². The van der Waals surface area contributed by atoms with E-state index in [4.69, 9.17) is 4.74 Å². The fourth-order valence-electron chi connectivity index (χ4n) is 3.86. The average Bonchev–Trinajstić information content (AvgIpc) is 3.24. The lowest BCUT2D eigenvalue weighted by atomic mass is 10.0. The van der Waals surface area contributed by atoms with Gasteiger partial charge < -0.3 is 14.2 Å². The molecule has 4 heterocycles. The summed E-state index contributed by atoms with van der Waals surface area (Å²) in [5.74, 6) is 1.23. The Bertz CT molecular complexity index is 723. The van der Waals surface area contributed by atoms with Crippen molar-refractivity contribution in [2.45, 2.75) is 44.8 Å². The minimum atomic E-state index is -0.0668. The molecule has 24 heavy (non-hydrogen) atoms. The van der Waals surface area contributed by atoms with Gasteiger partial charge in [0.1, 0.15) is 5.82 Å². The molecule has 0 N–H and O–H groups in total. The molecular formula is C18H23N3O2S. The minimum Gasteiger partial charge on any atom is -0.373 e. The van der Waals surface area contributed by atoms with Crippen LogP contribution in [0.5, 0.6) is 0 Å². The van der Waals surface area contributed by atoms with Crippen LogP contribution in [0.2, 0.25) is 0 Å². The molecule has 0 spiro atoms. The van der Waals surface area contributed by atoms with E-state index in [0.717, 1.165) is 44.8 Å². The highest BCUT2D eigenvalue weighted by Gasteiger charge is 2.29. The Labute approximate surface area is 146 Å². The number of imidazole rings is 1. The number of hydrogen-bond acceptors (Lipinski definition) is 4. The third kappa shape index (κ3) is 3.00. The molecule has 2 aromatic rings. The number of aromatic nitrogens is 2. The Morgan fingerprint density at radius 2 is 2.42 bits per heavy atom. The highest BCUT2D eigenvalue weighted by atomic mass is 32.1. The molecular weight excluding hydrogens is 322 g/mol. The van der Waals surface area contributed by atoms with Crippen molar-refractivity contribution in [3.63, 3.8) is 0 Å². The summed E-state index contributed by atoms with van der Waals surface area (Å²) in [6, 6.07) is 2.46. The van der Waals surface area contributed by atoms with Gasteiger partial charge >= 0.3 is 0 Å². The van der Waals surface area contributed by atoms with Crippen LogP contribution in [0, 0.1) is 6.92 Å². The number of likely N-dealkylation sites (tertiary alicyclic amines) is 1. The zero-order valence-corrected chi connectivity index (χ0v) is 14.8. The lowest BCUT2D eigenvalue weighted by Crippen LogP contribution is -2.41. The van der Waals surface area contributed by atoms with E-state index >= 15 is 0 Å². The van der Waals surface area contributed by atoms with Crippen molar-refractivity contribution >= 4 is 17.2 Å². The highest BCUT2D eigenvalue weighted by Crippen LogP contribution is 2.34. The van der Waals surface area contributed by atoms with Gasteiger partial charge in [-0.05, 0) is 36.8 Å². The molecule has 0 aromatic carbocycles. The standard InChI is InChI=1S/C18H23N3O2S/c1-13-19-6-8-21(13)14-3-2-7-20(12-14)18(22)11-16-15-5-10-24-17(15)4-9-23-16/h5-6,8,10,14,16H,2-4,7,9,11-12H2,1H3. The van der Waals surface area contributed by atoms with E-state index in [1.54, 1.807) is 11.3 Å². The van der Waals surface area contributed by atoms with Crippen LogP contribution in [0.1, 0.15) is 47.7 Å². The molecule has 128 valence electrons. The molecule has 4 rings (SSSR count). The molecule has 1 saturated heterocycles. The largest absolute Gasteiger partial charge is 0.373 e. The summed E-state index contributed by atoms with van der Waals surface area (Å²) in [5, 5.41) is 2.11. The van der Waals surface area contributed by atoms with Gasteiger partial charge in [0, 0.05) is 36.8 Å². The highest BCUT2D eigenvalue weighted by molar-refractivity contribution is 7.10. The first kappa shape index (κ1) is 15.8. The SMILES string of the molecule is Cc1nccn1C1CCCN(C(=O)CC2OCCc3sccc32)C1. The summed E-state index contributed by atoms with van der Waals surface area (Å²) in [6.45, 7) is 4.38. The molecule has 0 saturated carbocycles. The van der Waals surface area contributed by atoms with Gasteiger partial charge in [0.2, 0.25) is 5.91 Å². The smallest absolute Gasteiger partial charge is 0.225 e. The molecule has 2 unspecified atom stereocenters. The summed E-state index contributed by atoms with van der Waals surface area (Å²) in [7, 11) is 0. The van der Waals surface area contributed by atoms with Crippen molar-refractivity contribution in [1.29, 1.82) is 0 Å². The van der Waals surface area contributed by atoms with E-state index in [1.807, 2.05) is 24.2 Å². The topological polar surface area (TPSA) is 47.4 Å². The maximum Gasteiger partial charge on any atom is 0.225 e. The van der Waals surface area contributed by atoms with E-state index in [2.05, 4.69) is 21.0 Å². The van der Waals surface area contributed by atoms with Gasteiger partial charge in [-0.15, -0.1) is 11.3 Å². The second-order valence-corrected chi connectivity index (χ2v) is 7.63. The van der Waals surface area contributed by atoms with Crippen LogP contribution in [0.3, 0.4) is 0 Å². The monoisotopic (exact) mass is 345 g/mol. The lowest BCUT2D eigenvalue weighted by Gasteiger charge is -2.35. The first-order valence-electron chi connectivity index (χ1n) is 8.67. The predicted octanol–water partition coefficient (Wildman–Crippen LogP) is 3.12. The fourth-order valence-corrected chi connectivity index (χ4v) is 4.78. The predicted molar refractivity (Wildman–Crippen MR) is 93.1 cm³/mol. The first-order chi connectivity index (χ1) is 11.7. The number of rotatable bonds is 3. The van der Waals surface area contributed by atoms with E-state index in [1.165, 1.54) is 10.4 Å². The number of amides is 1. The Morgan fingerprint density at radius 3 is 3.25 bits per heavy atom. The number of thiophene rings is 1. The summed E-state index contributed by atoms with van der Waals surface area (Å²) >= 11 is 1.78. The maximum absolute atomic E-state index is 12.8. The second-order valence-electron chi connectivity index (χ2n) is 6.63. The number of hydrogen-bond donors (Lipinski definition) is 0. The number of carbonyl (C=O) groups excluding carboxylic acids is 1. The van der Waals surface area contributed by atoms with Crippen LogP contribution in [0.25, 0.3) is 0 Å². The maximum atomic E-state index is 12.8. The van der Waals surface area contributed by atoms with Gasteiger partial charge in [-0.3, -0.25) is 4.79 Å². The third-order valence-electron chi connectivity index (χ3n) is 5.14. The van der Waals surface area contributed by atoms with Gasteiger partial charge in [-0.2, -0.15) is 0 Å². The number of nitrogens with zero attached hydrogens (tertiary/aromatic N) is 3. The molecule has 2 aromatic heterocycles. The zero-order chi connectivity index (χ0) is 16.5. The van der Waals surface area contributed by atoms with E-state index < -0.39 is 0 Å². The normalized spacial score (nSPS) is 24.0. The van der Waals surface area contributed by atoms with Gasteiger partial charge in [0.25, 0.3) is 0 Å².